The second kappa shape index (κ2) is 11.4. The minimum atomic E-state index is -0.169. The molecule has 1 aromatic heterocycles. The number of para-hydroxylation sites is 1. The van der Waals surface area contributed by atoms with Gasteiger partial charge in [0.15, 0.2) is 11.5 Å². The number of nitriles is 1. The maximum Gasteiger partial charge on any atom is 0.234 e. The van der Waals surface area contributed by atoms with E-state index in [0.717, 1.165) is 22.4 Å². The van der Waals surface area contributed by atoms with E-state index < -0.39 is 0 Å². The smallest absolute Gasteiger partial charge is 0.234 e. The zero-order valence-electron chi connectivity index (χ0n) is 20.2. The second-order valence-corrected chi connectivity index (χ2v) is 8.90. The van der Waals surface area contributed by atoms with Crippen molar-refractivity contribution in [1.29, 1.82) is 5.26 Å². The average molecular weight is 496 g/mol. The van der Waals surface area contributed by atoms with Gasteiger partial charge in [-0.25, -0.2) is 4.98 Å². The highest BCUT2D eigenvalue weighted by Crippen LogP contribution is 2.38. The van der Waals surface area contributed by atoms with Gasteiger partial charge < -0.3 is 14.8 Å². The number of carbonyl (C=O) groups excluding carboxylic acids is 1. The van der Waals surface area contributed by atoms with E-state index in [9.17, 15) is 10.1 Å². The number of nitrogens with one attached hydrogen (secondary N) is 1. The summed E-state index contributed by atoms with van der Waals surface area (Å²) in [6.07, 6.45) is 0. The molecule has 0 bridgehead atoms. The first-order valence-corrected chi connectivity index (χ1v) is 12.2. The molecule has 7 heteroatoms. The summed E-state index contributed by atoms with van der Waals surface area (Å²) in [4.78, 5) is 17.5. The average Bonchev–Trinajstić information content (AvgIpc) is 2.92. The minimum Gasteiger partial charge on any atom is -0.493 e. The van der Waals surface area contributed by atoms with Gasteiger partial charge in [0, 0.05) is 16.8 Å². The van der Waals surface area contributed by atoms with Crippen molar-refractivity contribution < 1.29 is 14.3 Å². The fraction of sp³-hybridized carbons (Fsp3) is 0.138. The van der Waals surface area contributed by atoms with Crippen LogP contribution in [0.15, 0.2) is 83.9 Å². The minimum absolute atomic E-state index is 0.111. The molecule has 3 aromatic carbocycles. The first-order valence-electron chi connectivity index (χ1n) is 11.2. The molecule has 0 atom stereocenters. The molecular formula is C29H25N3O3S. The summed E-state index contributed by atoms with van der Waals surface area (Å²) in [6.45, 7) is 1.94. The number of nitrogens with zero attached hydrogens (tertiary/aromatic N) is 2. The molecule has 0 unspecified atom stereocenters. The van der Waals surface area contributed by atoms with Crippen LogP contribution in [-0.4, -0.2) is 30.9 Å². The number of thioether (sulfide) groups is 1. The lowest BCUT2D eigenvalue weighted by atomic mass is 9.99. The molecule has 1 heterocycles. The normalized spacial score (nSPS) is 10.4. The van der Waals surface area contributed by atoms with Crippen LogP contribution in [0.3, 0.4) is 0 Å². The number of hydrogen-bond donors (Lipinski definition) is 1. The first-order chi connectivity index (χ1) is 17.5. The van der Waals surface area contributed by atoms with Crippen LogP contribution in [0.4, 0.5) is 5.69 Å². The molecule has 4 rings (SSSR count). The van der Waals surface area contributed by atoms with Crippen LogP contribution < -0.4 is 14.8 Å². The predicted octanol–water partition coefficient (Wildman–Crippen LogP) is 6.34. The van der Waals surface area contributed by atoms with Gasteiger partial charge in [0.2, 0.25) is 5.91 Å². The third kappa shape index (κ3) is 5.51. The number of carbonyl (C=O) groups is 1. The fourth-order valence-corrected chi connectivity index (χ4v) is 4.56. The van der Waals surface area contributed by atoms with Crippen molar-refractivity contribution in [3.63, 3.8) is 0 Å². The monoisotopic (exact) mass is 495 g/mol. The maximum absolute atomic E-state index is 12.7. The van der Waals surface area contributed by atoms with Crippen molar-refractivity contribution in [2.45, 2.75) is 11.9 Å². The lowest BCUT2D eigenvalue weighted by Gasteiger charge is -2.14. The van der Waals surface area contributed by atoms with Crippen molar-refractivity contribution in [3.05, 3.63) is 90.0 Å². The Labute approximate surface area is 214 Å². The van der Waals surface area contributed by atoms with E-state index in [1.165, 1.54) is 11.8 Å². The molecular weight excluding hydrogens is 470 g/mol. The highest BCUT2D eigenvalue weighted by atomic mass is 32.2. The molecule has 1 amide bonds. The second-order valence-electron chi connectivity index (χ2n) is 7.93. The van der Waals surface area contributed by atoms with Gasteiger partial charge in [-0.15, -0.1) is 0 Å². The number of ether oxygens (including phenoxy) is 2. The Morgan fingerprint density at radius 1 is 0.944 bits per heavy atom. The van der Waals surface area contributed by atoms with Crippen LogP contribution >= 0.6 is 11.8 Å². The van der Waals surface area contributed by atoms with Gasteiger partial charge in [-0.1, -0.05) is 66.4 Å². The molecule has 0 aliphatic heterocycles. The van der Waals surface area contributed by atoms with E-state index in [1.807, 2.05) is 79.7 Å². The topological polar surface area (TPSA) is 84.2 Å². The molecule has 0 aliphatic carbocycles. The maximum atomic E-state index is 12.7. The number of benzene rings is 3. The molecule has 6 nitrogen and oxygen atoms in total. The molecule has 0 aliphatic rings. The quantitative estimate of drug-likeness (QED) is 0.287. The Bertz CT molecular complexity index is 1430. The number of pyridine rings is 1. The molecule has 180 valence electrons. The van der Waals surface area contributed by atoms with E-state index in [1.54, 1.807) is 20.3 Å². The molecule has 36 heavy (non-hydrogen) atoms. The molecule has 0 saturated carbocycles. The fourth-order valence-electron chi connectivity index (χ4n) is 3.76. The highest BCUT2D eigenvalue weighted by molar-refractivity contribution is 8.00. The zero-order chi connectivity index (χ0) is 25.5. The Kier molecular flexibility index (Phi) is 7.89. The standard InChI is InChI=1S/C29H25N3O3S/c1-19-9-7-8-12-24(19)31-28(33)18-36-29-23(17-30)22(16-25(32-29)20-10-5-4-6-11-20)21-13-14-26(34-2)27(15-21)35-3/h4-16H,18H2,1-3H3,(H,31,33). The van der Waals surface area contributed by atoms with Gasteiger partial charge in [-0.05, 0) is 42.3 Å². The van der Waals surface area contributed by atoms with Crippen molar-refractivity contribution in [1.82, 2.24) is 4.98 Å². The van der Waals surface area contributed by atoms with Crippen LogP contribution in [-0.2, 0) is 4.79 Å². The number of hydrogen-bond acceptors (Lipinski definition) is 6. The third-order valence-corrected chi connectivity index (χ3v) is 6.60. The Balaban J connectivity index is 1.73. The first kappa shape index (κ1) is 24.8. The number of aryl methyl sites for hydroxylation is 1. The van der Waals surface area contributed by atoms with Crippen LogP contribution in [0.25, 0.3) is 22.4 Å². The number of anilines is 1. The van der Waals surface area contributed by atoms with Gasteiger partial charge in [0.05, 0.1) is 31.2 Å². The number of rotatable bonds is 8. The molecule has 0 fully saturated rings. The van der Waals surface area contributed by atoms with Crippen LogP contribution in [0.5, 0.6) is 11.5 Å². The van der Waals surface area contributed by atoms with Crippen molar-refractivity contribution >= 4 is 23.4 Å². The van der Waals surface area contributed by atoms with Crippen LogP contribution in [0.1, 0.15) is 11.1 Å². The summed E-state index contributed by atoms with van der Waals surface area (Å²) in [5, 5.41) is 13.6. The summed E-state index contributed by atoms with van der Waals surface area (Å²) in [5.74, 6) is 1.10. The molecule has 0 saturated heterocycles. The van der Waals surface area contributed by atoms with Gasteiger partial charge >= 0.3 is 0 Å². The SMILES string of the molecule is COc1ccc(-c2cc(-c3ccccc3)nc(SCC(=O)Nc3ccccc3C)c2C#N)cc1OC. The molecule has 1 N–H and O–H groups in total. The van der Waals surface area contributed by atoms with E-state index in [2.05, 4.69) is 11.4 Å². The lowest BCUT2D eigenvalue weighted by Crippen LogP contribution is -2.15. The van der Waals surface area contributed by atoms with E-state index in [-0.39, 0.29) is 11.7 Å². The van der Waals surface area contributed by atoms with E-state index in [0.29, 0.717) is 33.3 Å². The summed E-state index contributed by atoms with van der Waals surface area (Å²) < 4.78 is 10.9. The summed E-state index contributed by atoms with van der Waals surface area (Å²) in [6, 6.07) is 27.1. The molecule has 0 spiro atoms. The Morgan fingerprint density at radius 3 is 2.36 bits per heavy atom. The summed E-state index contributed by atoms with van der Waals surface area (Å²) in [7, 11) is 3.15. The number of amides is 1. The van der Waals surface area contributed by atoms with Crippen LogP contribution in [0.2, 0.25) is 0 Å². The van der Waals surface area contributed by atoms with Gasteiger partial charge in [-0.3, -0.25) is 4.79 Å². The molecule has 4 aromatic rings. The number of methoxy groups -OCH3 is 2. The predicted molar refractivity (Wildman–Crippen MR) is 143 cm³/mol. The van der Waals surface area contributed by atoms with Crippen molar-refractivity contribution in [2.75, 3.05) is 25.3 Å². The summed E-state index contributed by atoms with van der Waals surface area (Å²) in [5.41, 5.74) is 5.25. The third-order valence-electron chi connectivity index (χ3n) is 5.62. The van der Waals surface area contributed by atoms with Crippen molar-refractivity contribution in [3.8, 4) is 40.0 Å². The molecule has 0 radical (unpaired) electrons. The zero-order valence-corrected chi connectivity index (χ0v) is 21.1. The largest absolute Gasteiger partial charge is 0.493 e. The summed E-state index contributed by atoms with van der Waals surface area (Å²) >= 11 is 1.24. The lowest BCUT2D eigenvalue weighted by molar-refractivity contribution is -0.113. The van der Waals surface area contributed by atoms with Gasteiger partial charge in [0.25, 0.3) is 0 Å². The number of aromatic nitrogens is 1. The van der Waals surface area contributed by atoms with Gasteiger partial charge in [-0.2, -0.15) is 5.26 Å². The van der Waals surface area contributed by atoms with E-state index in [4.69, 9.17) is 14.5 Å². The Hall–Kier alpha value is -4.28. The Morgan fingerprint density at radius 2 is 1.67 bits per heavy atom. The highest BCUT2D eigenvalue weighted by Gasteiger charge is 2.18. The van der Waals surface area contributed by atoms with E-state index >= 15 is 0 Å². The van der Waals surface area contributed by atoms with Gasteiger partial charge in [0.1, 0.15) is 11.1 Å². The van der Waals surface area contributed by atoms with Crippen molar-refractivity contribution in [2.24, 2.45) is 0 Å². The van der Waals surface area contributed by atoms with Crippen LogP contribution in [0, 0.1) is 18.3 Å².